The molecular weight excluding hydrogens is 506 g/mol. The SMILES string of the molecule is CCC(C)(C)NC(=O)c1cccc(Oc2ccc(Nc3ncnc4ccn(CCOCCO)c34)cc2Cl)c1. The summed E-state index contributed by atoms with van der Waals surface area (Å²) in [4.78, 5) is 21.4. The zero-order valence-electron chi connectivity index (χ0n) is 21.7. The van der Waals surface area contributed by atoms with Crippen LogP contribution in [0.15, 0.2) is 61.1 Å². The molecule has 9 nitrogen and oxygen atoms in total. The Hall–Kier alpha value is -3.66. The van der Waals surface area contributed by atoms with Crippen LogP contribution in [0.4, 0.5) is 11.5 Å². The molecule has 10 heteroatoms. The summed E-state index contributed by atoms with van der Waals surface area (Å²) in [5.74, 6) is 1.43. The van der Waals surface area contributed by atoms with Crippen LogP contribution in [0.5, 0.6) is 11.5 Å². The topological polar surface area (TPSA) is 111 Å². The van der Waals surface area contributed by atoms with E-state index >= 15 is 0 Å². The van der Waals surface area contributed by atoms with Crippen molar-refractivity contribution >= 4 is 40.0 Å². The van der Waals surface area contributed by atoms with Crippen molar-refractivity contribution in [2.24, 2.45) is 0 Å². The van der Waals surface area contributed by atoms with E-state index in [1.807, 2.05) is 43.7 Å². The number of ether oxygens (including phenoxy) is 2. The van der Waals surface area contributed by atoms with Crippen molar-refractivity contribution in [3.05, 3.63) is 71.6 Å². The van der Waals surface area contributed by atoms with Gasteiger partial charge in [-0.25, -0.2) is 9.97 Å². The van der Waals surface area contributed by atoms with E-state index in [4.69, 9.17) is 26.2 Å². The fourth-order valence-corrected chi connectivity index (χ4v) is 3.95. The molecule has 0 radical (unpaired) electrons. The van der Waals surface area contributed by atoms with Gasteiger partial charge in [0.1, 0.15) is 23.3 Å². The van der Waals surface area contributed by atoms with E-state index in [0.717, 1.165) is 23.1 Å². The van der Waals surface area contributed by atoms with Gasteiger partial charge in [0, 0.05) is 29.5 Å². The van der Waals surface area contributed by atoms with Crippen LogP contribution in [0, 0.1) is 0 Å². The Kier molecular flexibility index (Phi) is 8.83. The second-order valence-electron chi connectivity index (χ2n) is 9.39. The van der Waals surface area contributed by atoms with E-state index in [0.29, 0.717) is 47.7 Å². The Bertz CT molecular complexity index is 1410. The van der Waals surface area contributed by atoms with Gasteiger partial charge >= 0.3 is 0 Å². The highest BCUT2D eigenvalue weighted by molar-refractivity contribution is 6.32. The molecule has 0 aliphatic carbocycles. The lowest BCUT2D eigenvalue weighted by Gasteiger charge is -2.24. The number of amides is 1. The molecule has 4 rings (SSSR count). The highest BCUT2D eigenvalue weighted by atomic mass is 35.5. The fraction of sp³-hybridized carbons (Fsp3) is 0.321. The summed E-state index contributed by atoms with van der Waals surface area (Å²) in [5.41, 5.74) is 2.56. The number of halogens is 1. The van der Waals surface area contributed by atoms with Crippen LogP contribution < -0.4 is 15.4 Å². The van der Waals surface area contributed by atoms with Gasteiger partial charge in [-0.05, 0) is 62.7 Å². The number of benzene rings is 2. The summed E-state index contributed by atoms with van der Waals surface area (Å²) >= 11 is 6.56. The predicted octanol–water partition coefficient (Wildman–Crippen LogP) is 5.55. The largest absolute Gasteiger partial charge is 0.456 e. The number of nitrogens with zero attached hydrogens (tertiary/aromatic N) is 3. The van der Waals surface area contributed by atoms with Crippen molar-refractivity contribution in [3.8, 4) is 11.5 Å². The van der Waals surface area contributed by atoms with Crippen molar-refractivity contribution < 1.29 is 19.4 Å². The maximum Gasteiger partial charge on any atom is 0.251 e. The molecule has 2 aromatic carbocycles. The lowest BCUT2D eigenvalue weighted by Crippen LogP contribution is -2.42. The lowest BCUT2D eigenvalue weighted by atomic mass is 10.0. The second kappa shape index (κ2) is 12.3. The van der Waals surface area contributed by atoms with Crippen molar-refractivity contribution in [2.75, 3.05) is 25.1 Å². The van der Waals surface area contributed by atoms with E-state index in [2.05, 4.69) is 20.6 Å². The number of anilines is 2. The van der Waals surface area contributed by atoms with Crippen molar-refractivity contribution in [1.82, 2.24) is 19.9 Å². The van der Waals surface area contributed by atoms with Crippen molar-refractivity contribution in [2.45, 2.75) is 39.3 Å². The summed E-state index contributed by atoms with van der Waals surface area (Å²) in [5, 5.41) is 15.6. The van der Waals surface area contributed by atoms with Gasteiger partial charge < -0.3 is 29.8 Å². The number of aliphatic hydroxyl groups excluding tert-OH is 1. The third-order valence-electron chi connectivity index (χ3n) is 6.12. The van der Waals surface area contributed by atoms with Gasteiger partial charge in [-0.2, -0.15) is 0 Å². The Morgan fingerprint density at radius 3 is 2.74 bits per heavy atom. The van der Waals surface area contributed by atoms with Gasteiger partial charge in [-0.15, -0.1) is 0 Å². The van der Waals surface area contributed by atoms with Gasteiger partial charge in [-0.3, -0.25) is 4.79 Å². The standard InChI is InChI=1S/C28H32ClN5O4/c1-4-28(2,3)33-27(36)19-6-5-7-21(16-19)38-24-9-8-20(17-22(24)29)32-26-25-23(30-18-31-26)10-11-34(25)12-14-37-15-13-35/h5-11,16-18,35H,4,12-15H2,1-3H3,(H,33,36)(H,30,31,32). The molecule has 0 aliphatic rings. The molecule has 0 aliphatic heterocycles. The first-order valence-corrected chi connectivity index (χ1v) is 12.8. The minimum atomic E-state index is -0.301. The molecule has 3 N–H and O–H groups in total. The average molecular weight is 538 g/mol. The predicted molar refractivity (Wildman–Crippen MR) is 149 cm³/mol. The van der Waals surface area contributed by atoms with E-state index in [1.165, 1.54) is 6.33 Å². The summed E-state index contributed by atoms with van der Waals surface area (Å²) < 4.78 is 13.4. The third-order valence-corrected chi connectivity index (χ3v) is 6.41. The van der Waals surface area contributed by atoms with Gasteiger partial charge in [0.2, 0.25) is 0 Å². The molecule has 1 amide bonds. The lowest BCUT2D eigenvalue weighted by molar-refractivity contribution is 0.0875. The van der Waals surface area contributed by atoms with E-state index < -0.39 is 0 Å². The number of fused-ring (bicyclic) bond motifs is 1. The van der Waals surface area contributed by atoms with Crippen LogP contribution in [-0.4, -0.2) is 50.9 Å². The number of carbonyl (C=O) groups is 1. The fourth-order valence-electron chi connectivity index (χ4n) is 3.73. The molecule has 4 aromatic rings. The van der Waals surface area contributed by atoms with Crippen LogP contribution in [0.2, 0.25) is 5.02 Å². The zero-order valence-corrected chi connectivity index (χ0v) is 22.5. The Balaban J connectivity index is 1.48. The van der Waals surface area contributed by atoms with E-state index in [9.17, 15) is 4.79 Å². The Labute approximate surface area is 226 Å². The Morgan fingerprint density at radius 1 is 1.13 bits per heavy atom. The smallest absolute Gasteiger partial charge is 0.251 e. The number of aromatic nitrogens is 3. The van der Waals surface area contributed by atoms with Gasteiger partial charge in [0.05, 0.1) is 30.4 Å². The first-order valence-electron chi connectivity index (χ1n) is 12.4. The summed E-state index contributed by atoms with van der Waals surface area (Å²) in [7, 11) is 0. The maximum absolute atomic E-state index is 12.7. The molecule has 0 fully saturated rings. The highest BCUT2D eigenvalue weighted by Gasteiger charge is 2.19. The van der Waals surface area contributed by atoms with Crippen molar-refractivity contribution in [3.63, 3.8) is 0 Å². The molecule has 0 bridgehead atoms. The number of rotatable bonds is 12. The van der Waals surface area contributed by atoms with Gasteiger partial charge in [-0.1, -0.05) is 24.6 Å². The van der Waals surface area contributed by atoms with Crippen LogP contribution in [0.3, 0.4) is 0 Å². The minimum absolute atomic E-state index is 0.0130. The first-order chi connectivity index (χ1) is 18.3. The molecule has 0 atom stereocenters. The number of nitrogens with one attached hydrogen (secondary N) is 2. The van der Waals surface area contributed by atoms with Crippen LogP contribution in [-0.2, 0) is 11.3 Å². The normalized spacial score (nSPS) is 11.5. The second-order valence-corrected chi connectivity index (χ2v) is 9.80. The van der Waals surface area contributed by atoms with Crippen molar-refractivity contribution in [1.29, 1.82) is 0 Å². The molecule has 0 saturated carbocycles. The van der Waals surface area contributed by atoms with Crippen LogP contribution in [0.25, 0.3) is 11.0 Å². The van der Waals surface area contributed by atoms with E-state index in [-0.39, 0.29) is 18.1 Å². The minimum Gasteiger partial charge on any atom is -0.456 e. The molecule has 38 heavy (non-hydrogen) atoms. The third kappa shape index (κ3) is 6.80. The monoisotopic (exact) mass is 537 g/mol. The quantitative estimate of drug-likeness (QED) is 0.203. The molecule has 0 unspecified atom stereocenters. The van der Waals surface area contributed by atoms with Gasteiger partial charge in [0.25, 0.3) is 5.91 Å². The summed E-state index contributed by atoms with van der Waals surface area (Å²) in [6.45, 7) is 7.32. The molecule has 0 spiro atoms. The number of hydrogen-bond donors (Lipinski definition) is 3. The zero-order chi connectivity index (χ0) is 27.1. The summed E-state index contributed by atoms with van der Waals surface area (Å²) in [6.07, 6.45) is 4.24. The Morgan fingerprint density at radius 2 is 1.97 bits per heavy atom. The van der Waals surface area contributed by atoms with Gasteiger partial charge in [0.15, 0.2) is 5.82 Å². The molecule has 0 saturated heterocycles. The molecular formula is C28H32ClN5O4. The number of aliphatic hydroxyl groups is 1. The van der Waals surface area contributed by atoms with E-state index in [1.54, 1.807) is 36.4 Å². The number of hydrogen-bond acceptors (Lipinski definition) is 7. The average Bonchev–Trinajstić information content (AvgIpc) is 3.32. The number of carbonyl (C=O) groups excluding carboxylic acids is 1. The molecule has 2 aromatic heterocycles. The van der Waals surface area contributed by atoms with Crippen LogP contribution in [0.1, 0.15) is 37.6 Å². The maximum atomic E-state index is 12.7. The summed E-state index contributed by atoms with van der Waals surface area (Å²) in [6, 6.07) is 14.3. The molecule has 2 heterocycles. The highest BCUT2D eigenvalue weighted by Crippen LogP contribution is 2.33. The molecule has 200 valence electrons. The van der Waals surface area contributed by atoms with Crippen LogP contribution >= 0.6 is 11.6 Å². The first kappa shape index (κ1) is 27.4.